The minimum Gasteiger partial charge on any atom is -0.395 e. The number of nitrogens with one attached hydrogen (secondary N) is 2. The topological polar surface area (TPSA) is 121 Å². The van der Waals surface area contributed by atoms with E-state index in [9.17, 15) is 14.0 Å². The second-order valence-corrected chi connectivity index (χ2v) is 6.23. The normalized spacial score (nSPS) is 10.2. The Kier molecular flexibility index (Phi) is 7.91. The van der Waals surface area contributed by atoms with Crippen LogP contribution in [0.15, 0.2) is 42.6 Å². The molecular weight excluding hydrogens is 387 g/mol. The summed E-state index contributed by atoms with van der Waals surface area (Å²) >= 11 is 5.67. The highest BCUT2D eigenvalue weighted by Crippen LogP contribution is 2.17. The highest BCUT2D eigenvalue weighted by atomic mass is 35.5. The number of amides is 2. The van der Waals surface area contributed by atoms with Gasteiger partial charge in [0.2, 0.25) is 5.91 Å². The Morgan fingerprint density at radius 2 is 1.96 bits per heavy atom. The lowest BCUT2D eigenvalue weighted by atomic mass is 10.1. The number of fused-ring (bicyclic) bond motifs is 1. The number of aliphatic hydroxyl groups is 1. The lowest BCUT2D eigenvalue weighted by Crippen LogP contribution is -2.26. The van der Waals surface area contributed by atoms with Crippen LogP contribution in [0.25, 0.3) is 10.9 Å². The molecule has 3 rings (SSSR count). The second kappa shape index (κ2) is 10.4. The van der Waals surface area contributed by atoms with E-state index in [-0.39, 0.29) is 24.9 Å². The number of pyridine rings is 1. The van der Waals surface area contributed by atoms with Crippen molar-refractivity contribution in [3.63, 3.8) is 0 Å². The van der Waals surface area contributed by atoms with Gasteiger partial charge in [-0.2, -0.15) is 0 Å². The number of nitrogens with two attached hydrogens (primary N) is 1. The van der Waals surface area contributed by atoms with E-state index in [1.165, 1.54) is 12.1 Å². The third kappa shape index (κ3) is 6.64. The van der Waals surface area contributed by atoms with Crippen LogP contribution in [0.3, 0.4) is 0 Å². The van der Waals surface area contributed by atoms with Gasteiger partial charge in [-0.15, -0.1) is 0 Å². The van der Waals surface area contributed by atoms with Crippen LogP contribution in [0.5, 0.6) is 0 Å². The molecule has 7 nitrogen and oxygen atoms in total. The van der Waals surface area contributed by atoms with Crippen LogP contribution in [0.1, 0.15) is 22.5 Å². The van der Waals surface area contributed by atoms with E-state index in [1.54, 1.807) is 30.5 Å². The minimum atomic E-state index is -0.493. The predicted octanol–water partition coefficient (Wildman–Crippen LogP) is 2.18. The molecule has 0 aliphatic heterocycles. The number of H-pyrrole nitrogens is 1. The molecular formula is C19H20ClFN4O3. The van der Waals surface area contributed by atoms with Crippen LogP contribution in [0.2, 0.25) is 5.15 Å². The van der Waals surface area contributed by atoms with Gasteiger partial charge in [-0.1, -0.05) is 23.7 Å². The Balaban J connectivity index is 0.000000202. The van der Waals surface area contributed by atoms with Gasteiger partial charge < -0.3 is 21.1 Å². The zero-order chi connectivity index (χ0) is 20.5. The van der Waals surface area contributed by atoms with Crippen LogP contribution >= 0.6 is 11.6 Å². The molecule has 148 valence electrons. The van der Waals surface area contributed by atoms with Crippen molar-refractivity contribution in [1.82, 2.24) is 15.3 Å². The number of hydrogen-bond donors (Lipinski definition) is 4. The molecule has 0 fully saturated rings. The molecule has 3 aromatic rings. The van der Waals surface area contributed by atoms with Crippen molar-refractivity contribution in [3.05, 3.63) is 64.8 Å². The van der Waals surface area contributed by atoms with Gasteiger partial charge in [0, 0.05) is 18.4 Å². The molecule has 5 N–H and O–H groups in total. The number of benzene rings is 1. The van der Waals surface area contributed by atoms with Gasteiger partial charge in [-0.25, -0.2) is 9.37 Å². The number of aromatic nitrogens is 2. The zero-order valence-corrected chi connectivity index (χ0v) is 15.7. The van der Waals surface area contributed by atoms with Crippen molar-refractivity contribution in [2.75, 3.05) is 13.2 Å². The third-order valence-electron chi connectivity index (χ3n) is 3.73. The molecule has 0 radical (unpaired) electrons. The quantitative estimate of drug-likeness (QED) is 0.469. The summed E-state index contributed by atoms with van der Waals surface area (Å²) in [6, 6.07) is 9.39. The second-order valence-electron chi connectivity index (χ2n) is 5.84. The smallest absolute Gasteiger partial charge is 0.265 e. The Hall–Kier alpha value is -2.97. The number of primary amides is 1. The van der Waals surface area contributed by atoms with E-state index in [4.69, 9.17) is 22.4 Å². The maximum Gasteiger partial charge on any atom is 0.265 e. The van der Waals surface area contributed by atoms with Crippen LogP contribution < -0.4 is 11.1 Å². The zero-order valence-electron chi connectivity index (χ0n) is 14.9. The summed E-state index contributed by atoms with van der Waals surface area (Å²) in [5, 5.41) is 12.2. The van der Waals surface area contributed by atoms with E-state index in [0.29, 0.717) is 23.7 Å². The number of aryl methyl sites for hydroxylation is 1. The van der Waals surface area contributed by atoms with Crippen LogP contribution in [-0.4, -0.2) is 40.0 Å². The number of halogens is 2. The standard InChI is InChI=1S/C11H14FNO2.C8H6ClN3O/c12-10-4-1-9(2-5-10)3-6-11(15)13-7-8-14;9-7-2-4-1-5(8(10)13)12-6(4)3-11-7/h1-2,4-5,14H,3,6-8H2,(H,13,15);1-3,12H,(H2,10,13). The number of aromatic amines is 1. The monoisotopic (exact) mass is 406 g/mol. The van der Waals surface area contributed by atoms with Crippen molar-refractivity contribution in [1.29, 1.82) is 0 Å². The predicted molar refractivity (Wildman–Crippen MR) is 104 cm³/mol. The lowest BCUT2D eigenvalue weighted by molar-refractivity contribution is -0.121. The first-order chi connectivity index (χ1) is 13.4. The summed E-state index contributed by atoms with van der Waals surface area (Å²) in [7, 11) is 0. The van der Waals surface area contributed by atoms with Crippen LogP contribution in [-0.2, 0) is 11.2 Å². The van der Waals surface area contributed by atoms with Gasteiger partial charge in [-0.3, -0.25) is 9.59 Å². The average molecular weight is 407 g/mol. The number of nitrogens with zero attached hydrogens (tertiary/aromatic N) is 1. The third-order valence-corrected chi connectivity index (χ3v) is 3.93. The molecule has 0 spiro atoms. The van der Waals surface area contributed by atoms with Crippen molar-refractivity contribution in [3.8, 4) is 0 Å². The molecule has 0 saturated heterocycles. The van der Waals surface area contributed by atoms with Gasteiger partial charge in [0.25, 0.3) is 5.91 Å². The highest BCUT2D eigenvalue weighted by molar-refractivity contribution is 6.30. The van der Waals surface area contributed by atoms with Gasteiger partial charge in [0.15, 0.2) is 0 Å². The highest BCUT2D eigenvalue weighted by Gasteiger charge is 2.05. The maximum absolute atomic E-state index is 12.5. The lowest BCUT2D eigenvalue weighted by Gasteiger charge is -2.03. The van der Waals surface area contributed by atoms with E-state index in [0.717, 1.165) is 16.5 Å². The van der Waals surface area contributed by atoms with Gasteiger partial charge in [-0.05, 0) is 36.2 Å². The van der Waals surface area contributed by atoms with E-state index in [2.05, 4.69) is 15.3 Å². The van der Waals surface area contributed by atoms with Crippen molar-refractivity contribution >= 4 is 34.3 Å². The first kappa shape index (κ1) is 21.3. The Morgan fingerprint density at radius 1 is 1.25 bits per heavy atom. The minimum absolute atomic E-state index is 0.0533. The van der Waals surface area contributed by atoms with Gasteiger partial charge in [0.1, 0.15) is 16.7 Å². The molecule has 1 aromatic carbocycles. The molecule has 28 heavy (non-hydrogen) atoms. The molecule has 0 unspecified atom stereocenters. The largest absolute Gasteiger partial charge is 0.395 e. The molecule has 9 heteroatoms. The Morgan fingerprint density at radius 3 is 2.61 bits per heavy atom. The first-order valence-electron chi connectivity index (χ1n) is 8.45. The summed E-state index contributed by atoms with van der Waals surface area (Å²) < 4.78 is 12.5. The van der Waals surface area contributed by atoms with Crippen molar-refractivity contribution in [2.24, 2.45) is 5.73 Å². The first-order valence-corrected chi connectivity index (χ1v) is 8.83. The fraction of sp³-hybridized carbons (Fsp3) is 0.211. The summed E-state index contributed by atoms with van der Waals surface area (Å²) in [6.45, 7) is 0.227. The van der Waals surface area contributed by atoms with Crippen molar-refractivity contribution in [2.45, 2.75) is 12.8 Å². The number of carbonyl (C=O) groups is 2. The van der Waals surface area contributed by atoms with Gasteiger partial charge >= 0.3 is 0 Å². The Bertz CT molecular complexity index is 944. The number of rotatable bonds is 6. The van der Waals surface area contributed by atoms with Crippen LogP contribution in [0.4, 0.5) is 4.39 Å². The average Bonchev–Trinajstić information content (AvgIpc) is 3.10. The molecule has 2 heterocycles. The van der Waals surface area contributed by atoms with Crippen molar-refractivity contribution < 1.29 is 19.1 Å². The molecule has 0 aliphatic carbocycles. The molecule has 0 aliphatic rings. The number of carbonyl (C=O) groups excluding carboxylic acids is 2. The van der Waals surface area contributed by atoms with E-state index < -0.39 is 5.91 Å². The molecule has 2 aromatic heterocycles. The molecule has 0 bridgehead atoms. The van der Waals surface area contributed by atoms with E-state index >= 15 is 0 Å². The molecule has 0 saturated carbocycles. The maximum atomic E-state index is 12.5. The summed E-state index contributed by atoms with van der Waals surface area (Å²) in [5.41, 5.74) is 7.13. The fourth-order valence-corrected chi connectivity index (χ4v) is 2.50. The van der Waals surface area contributed by atoms with E-state index in [1.807, 2.05) is 0 Å². The Labute approximate surface area is 165 Å². The number of hydrogen-bond acceptors (Lipinski definition) is 4. The van der Waals surface area contributed by atoms with Crippen LogP contribution in [0, 0.1) is 5.82 Å². The van der Waals surface area contributed by atoms with Gasteiger partial charge in [0.05, 0.1) is 18.3 Å². The molecule has 2 amide bonds. The molecule has 0 atom stereocenters. The fourth-order valence-electron chi connectivity index (χ4n) is 2.33. The summed E-state index contributed by atoms with van der Waals surface area (Å²) in [4.78, 5) is 28.6. The summed E-state index contributed by atoms with van der Waals surface area (Å²) in [5.74, 6) is -0.871. The number of aliphatic hydroxyl groups excluding tert-OH is 1. The summed E-state index contributed by atoms with van der Waals surface area (Å²) in [6.07, 6.45) is 2.49. The SMILES string of the molecule is NC(=O)c1cc2cc(Cl)ncc2[nH]1.O=C(CCc1ccc(F)cc1)NCCO.